The maximum absolute atomic E-state index is 14.2. The van der Waals surface area contributed by atoms with Gasteiger partial charge in [0.15, 0.2) is 5.71 Å². The van der Waals surface area contributed by atoms with Gasteiger partial charge < -0.3 is 19.9 Å². The molecule has 4 aliphatic heterocycles. The second-order valence-electron chi connectivity index (χ2n) is 20.2. The van der Waals surface area contributed by atoms with Crippen LogP contribution in [0.1, 0.15) is 76.5 Å². The van der Waals surface area contributed by atoms with E-state index in [9.17, 15) is 19.2 Å². The highest BCUT2D eigenvalue weighted by molar-refractivity contribution is 6.17. The van der Waals surface area contributed by atoms with Gasteiger partial charge in [0.2, 0.25) is 17.5 Å². The smallest absolute Gasteiger partial charge is 0.375 e. The van der Waals surface area contributed by atoms with E-state index < -0.39 is 12.1 Å². The molecule has 1 aromatic heterocycles. The van der Waals surface area contributed by atoms with Crippen molar-refractivity contribution in [3.05, 3.63) is 174 Å². The van der Waals surface area contributed by atoms with Crippen molar-refractivity contribution in [2.24, 2.45) is 10.2 Å². The van der Waals surface area contributed by atoms with E-state index in [0.717, 1.165) is 53.1 Å². The molecule has 0 saturated heterocycles. The van der Waals surface area contributed by atoms with E-state index in [4.69, 9.17) is 4.74 Å². The molecule has 0 radical (unpaired) electrons. The Hall–Kier alpha value is -8.59. The molecule has 10 rings (SSSR count). The van der Waals surface area contributed by atoms with Crippen LogP contribution in [0.15, 0.2) is 168 Å². The average molecular weight is 1000 g/mol. The van der Waals surface area contributed by atoms with Crippen molar-refractivity contribution in [1.82, 2.24) is 20.3 Å². The van der Waals surface area contributed by atoms with Crippen molar-refractivity contribution in [2.45, 2.75) is 83.7 Å². The summed E-state index contributed by atoms with van der Waals surface area (Å²) in [5, 5.41) is 18.9. The van der Waals surface area contributed by atoms with E-state index in [0.29, 0.717) is 42.3 Å². The normalized spacial score (nSPS) is 16.6. The summed E-state index contributed by atoms with van der Waals surface area (Å²) in [5.41, 5.74) is 12.5. The third kappa shape index (κ3) is 9.85. The molecule has 0 atom stereocenters. The minimum Gasteiger partial charge on any atom is -0.492 e. The Morgan fingerprint density at radius 2 is 1.41 bits per heavy atom. The summed E-state index contributed by atoms with van der Waals surface area (Å²) in [6, 6.07) is 38.0. The van der Waals surface area contributed by atoms with E-state index >= 15 is 0 Å². The van der Waals surface area contributed by atoms with E-state index in [1.807, 2.05) is 53.2 Å². The van der Waals surface area contributed by atoms with Gasteiger partial charge in [-0.3, -0.25) is 9.59 Å². The van der Waals surface area contributed by atoms with E-state index in [-0.39, 0.29) is 42.2 Å². The van der Waals surface area contributed by atoms with Crippen molar-refractivity contribution in [3.8, 4) is 28.3 Å². The van der Waals surface area contributed by atoms with Crippen LogP contribution in [0, 0.1) is 0 Å². The maximum atomic E-state index is 14.2. The fourth-order valence-electron chi connectivity index (χ4n) is 10.9. The number of amides is 6. The molecule has 1 N–H and O–H groups in total. The Kier molecular flexibility index (Phi) is 14.1. The molecule has 0 aliphatic carbocycles. The van der Waals surface area contributed by atoms with Gasteiger partial charge in [-0.1, -0.05) is 133 Å². The third-order valence-electron chi connectivity index (χ3n) is 14.8. The molecule has 6 amide bonds. The predicted octanol–water partition coefficient (Wildman–Crippen LogP) is 11.6. The Morgan fingerprint density at radius 3 is 2.19 bits per heavy atom. The quantitative estimate of drug-likeness (QED) is 0.0537. The molecule has 15 nitrogen and oxygen atoms in total. The Balaban J connectivity index is 0.727. The lowest BCUT2D eigenvalue weighted by molar-refractivity contribution is -0.401. The number of para-hydroxylation sites is 3. The number of allylic oxidation sites excluding steroid dienone is 6. The van der Waals surface area contributed by atoms with Crippen LogP contribution >= 0.6 is 0 Å². The van der Waals surface area contributed by atoms with Gasteiger partial charge in [-0.25, -0.2) is 19.2 Å². The van der Waals surface area contributed by atoms with Gasteiger partial charge in [0.25, 0.3) is 0 Å². The van der Waals surface area contributed by atoms with Crippen LogP contribution < -0.4 is 24.8 Å². The van der Waals surface area contributed by atoms with Crippen molar-refractivity contribution >= 4 is 52.3 Å². The van der Waals surface area contributed by atoms with Crippen LogP contribution in [0.5, 0.6) is 5.75 Å². The minimum atomic E-state index is -0.739. The van der Waals surface area contributed by atoms with E-state index in [2.05, 4.69) is 149 Å². The van der Waals surface area contributed by atoms with Gasteiger partial charge in [0.05, 0.1) is 35.6 Å². The number of nitrogens with one attached hydrogen (secondary N) is 1. The monoisotopic (exact) mass is 1000 g/mol. The van der Waals surface area contributed by atoms with Crippen LogP contribution in [0.3, 0.4) is 0 Å². The van der Waals surface area contributed by atoms with Crippen molar-refractivity contribution in [2.75, 3.05) is 41.4 Å². The van der Waals surface area contributed by atoms with Crippen LogP contribution in [0.25, 0.3) is 22.5 Å². The summed E-state index contributed by atoms with van der Waals surface area (Å²) < 4.78 is 10.2. The minimum absolute atomic E-state index is 0.0631. The van der Waals surface area contributed by atoms with Gasteiger partial charge >= 0.3 is 12.1 Å². The van der Waals surface area contributed by atoms with Crippen molar-refractivity contribution < 1.29 is 28.5 Å². The first-order chi connectivity index (χ1) is 36.3. The number of imide groups is 1. The van der Waals surface area contributed by atoms with E-state index in [1.54, 1.807) is 29.2 Å². The lowest BCUT2D eigenvalue weighted by atomic mass is 9.81. The van der Waals surface area contributed by atoms with Crippen LogP contribution in [-0.2, 0) is 33.5 Å². The highest BCUT2D eigenvalue weighted by Gasteiger charge is 2.43. The molecule has 75 heavy (non-hydrogen) atoms. The molecular weight excluding hydrogens is 941 g/mol. The van der Waals surface area contributed by atoms with Crippen molar-refractivity contribution in [1.29, 1.82) is 0 Å². The first-order valence-electron chi connectivity index (χ1n) is 25.7. The number of hydrogen-bond donors (Lipinski definition) is 1. The Labute approximate surface area is 437 Å². The number of ether oxygens (including phenoxy) is 1. The SMILES string of the molecule is C[N+]1=C(/C=C/C=C/C=C2/N(CCCCCC(=O)NCCC(=O)N3Cc4ccccc4-c4c(nnn4CCOc4ccc(N5C(=O)N=NC5=O)cc4)-c4ccccc43)c3ccccc3C2(C)C)C(C)(C)c2ccccc21. The summed E-state index contributed by atoms with van der Waals surface area (Å²) in [4.78, 5) is 56.4. The van der Waals surface area contributed by atoms with Gasteiger partial charge in [0, 0.05) is 71.6 Å². The maximum Gasteiger partial charge on any atom is 0.375 e. The molecule has 380 valence electrons. The highest BCUT2D eigenvalue weighted by atomic mass is 16.5. The fourth-order valence-corrected chi connectivity index (χ4v) is 10.9. The van der Waals surface area contributed by atoms with Gasteiger partial charge in [-0.15, -0.1) is 5.10 Å². The molecule has 0 saturated carbocycles. The number of carbonyl (C=O) groups excluding carboxylic acids is 4. The summed E-state index contributed by atoms with van der Waals surface area (Å²) in [6.07, 6.45) is 14.0. The molecule has 0 spiro atoms. The summed E-state index contributed by atoms with van der Waals surface area (Å²) in [5.74, 6) is 0.356. The number of azo groups is 1. The van der Waals surface area contributed by atoms with Gasteiger partial charge in [-0.2, -0.15) is 4.58 Å². The topological polar surface area (TPSA) is 158 Å². The first-order valence-corrected chi connectivity index (χ1v) is 25.7. The molecule has 0 unspecified atom stereocenters. The van der Waals surface area contributed by atoms with Crippen LogP contribution in [0.4, 0.5) is 32.3 Å². The summed E-state index contributed by atoms with van der Waals surface area (Å²) >= 11 is 0. The molecule has 6 aromatic rings. The number of aromatic nitrogens is 3. The molecule has 4 aliphatic rings. The number of hydrogen-bond acceptors (Lipinski definition) is 8. The molecule has 5 aromatic carbocycles. The number of anilines is 3. The number of carbonyl (C=O) groups is 4. The lowest BCUT2D eigenvalue weighted by Crippen LogP contribution is -2.35. The standard InChI is InChI=1S/C60H60N10O5/c1-59(2)46-23-14-17-26-49(46)66(5)51(59)28-8-6-9-29-52-60(3,4)47-24-15-18-27-50(47)67(52)37-19-7-10-30-53(71)61-36-35-54(72)68-40-41-20-11-12-21-44(41)56-55(45-22-13-16-25-48(45)68)62-65-69(56)38-39-75-43-33-31-42(32-34-43)70-57(73)63-64-58(70)74/h6,8-9,11-18,20-29,31-34H,7,10,19,30,35-40H2,1-5H3/p+1. The summed E-state index contributed by atoms with van der Waals surface area (Å²) in [7, 11) is 2.14. The van der Waals surface area contributed by atoms with E-state index in [1.165, 1.54) is 33.9 Å². The summed E-state index contributed by atoms with van der Waals surface area (Å²) in [6.45, 7) is 11.1. The number of rotatable bonds is 17. The molecule has 0 bridgehead atoms. The number of benzene rings is 5. The number of fused-ring (bicyclic) bond motifs is 7. The number of unbranched alkanes of at least 4 members (excludes halogenated alkanes) is 2. The zero-order chi connectivity index (χ0) is 52.3. The highest BCUT2D eigenvalue weighted by Crippen LogP contribution is 2.48. The number of urea groups is 2. The predicted molar refractivity (Wildman–Crippen MR) is 292 cm³/mol. The average Bonchev–Trinajstić information content (AvgIpc) is 4.13. The largest absolute Gasteiger partial charge is 0.492 e. The zero-order valence-electron chi connectivity index (χ0n) is 43.1. The molecule has 5 heterocycles. The zero-order valence-corrected chi connectivity index (χ0v) is 43.1. The second kappa shape index (κ2) is 21.1. The van der Waals surface area contributed by atoms with Gasteiger partial charge in [-0.05, 0) is 80.3 Å². The Morgan fingerprint density at radius 1 is 0.720 bits per heavy atom. The molecule has 0 fully saturated rings. The first kappa shape index (κ1) is 50.0. The van der Waals surface area contributed by atoms with Gasteiger partial charge in [0.1, 0.15) is 25.1 Å². The Bertz CT molecular complexity index is 3340. The third-order valence-corrected chi connectivity index (χ3v) is 14.8. The fraction of sp³-hybridized carbons (Fsp3) is 0.283. The second-order valence-corrected chi connectivity index (χ2v) is 20.2. The number of nitrogens with zero attached hydrogens (tertiary/aromatic N) is 9. The molecular formula is C60H61N10O5+. The molecule has 15 heteroatoms. The lowest BCUT2D eigenvalue weighted by Gasteiger charge is -2.28. The van der Waals surface area contributed by atoms with Crippen LogP contribution in [0.2, 0.25) is 0 Å². The van der Waals surface area contributed by atoms with Crippen LogP contribution in [-0.4, -0.2) is 75.9 Å². The van der Waals surface area contributed by atoms with Crippen molar-refractivity contribution in [3.63, 3.8) is 0 Å².